The molecular formula is C15H19FN2O2. The van der Waals surface area contributed by atoms with E-state index >= 15 is 0 Å². The van der Waals surface area contributed by atoms with Gasteiger partial charge >= 0.3 is 0 Å². The molecule has 1 unspecified atom stereocenters. The van der Waals surface area contributed by atoms with E-state index in [-0.39, 0.29) is 18.3 Å². The molecule has 20 heavy (non-hydrogen) atoms. The smallest absolute Gasteiger partial charge is 0.162 e. The van der Waals surface area contributed by atoms with E-state index in [1.165, 1.54) is 13.2 Å². The zero-order valence-electron chi connectivity index (χ0n) is 11.9. The predicted molar refractivity (Wildman–Crippen MR) is 74.2 cm³/mol. The van der Waals surface area contributed by atoms with Crippen LogP contribution in [0, 0.1) is 5.82 Å². The molecule has 1 aromatic carbocycles. The third-order valence-corrected chi connectivity index (χ3v) is 3.19. The monoisotopic (exact) mass is 278 g/mol. The van der Waals surface area contributed by atoms with Gasteiger partial charge in [0.1, 0.15) is 17.6 Å². The van der Waals surface area contributed by atoms with E-state index in [4.69, 9.17) is 4.74 Å². The van der Waals surface area contributed by atoms with Gasteiger partial charge in [0, 0.05) is 12.5 Å². The standard InChI is InChI=1S/C15H19FN2O2/c1-10(2)18-15(14(20-3)9-17-18)13(19)8-11-6-4-5-7-12(11)16/h4-7,9-10,13,19H,8H2,1-3H3. The van der Waals surface area contributed by atoms with E-state index in [1.807, 2.05) is 13.8 Å². The zero-order valence-corrected chi connectivity index (χ0v) is 11.9. The molecule has 4 nitrogen and oxygen atoms in total. The molecule has 1 heterocycles. The van der Waals surface area contributed by atoms with Crippen LogP contribution in [0.15, 0.2) is 30.5 Å². The van der Waals surface area contributed by atoms with Crippen LogP contribution in [0.1, 0.15) is 37.3 Å². The van der Waals surface area contributed by atoms with Gasteiger partial charge in [-0.05, 0) is 25.5 Å². The number of hydrogen-bond acceptors (Lipinski definition) is 3. The van der Waals surface area contributed by atoms with Crippen LogP contribution in [0.4, 0.5) is 4.39 Å². The van der Waals surface area contributed by atoms with Crippen molar-refractivity contribution < 1.29 is 14.2 Å². The van der Waals surface area contributed by atoms with Crippen LogP contribution in [0.5, 0.6) is 5.75 Å². The Morgan fingerprint density at radius 3 is 2.65 bits per heavy atom. The topological polar surface area (TPSA) is 47.3 Å². The molecule has 1 aromatic heterocycles. The van der Waals surface area contributed by atoms with Gasteiger partial charge in [-0.3, -0.25) is 4.68 Å². The van der Waals surface area contributed by atoms with Crippen molar-refractivity contribution >= 4 is 0 Å². The molecule has 0 spiro atoms. The molecule has 0 radical (unpaired) electrons. The Labute approximate surface area is 117 Å². The van der Waals surface area contributed by atoms with Crippen LogP contribution < -0.4 is 4.74 Å². The van der Waals surface area contributed by atoms with Gasteiger partial charge < -0.3 is 9.84 Å². The fraction of sp³-hybridized carbons (Fsp3) is 0.400. The summed E-state index contributed by atoms with van der Waals surface area (Å²) in [5, 5.41) is 14.6. The first-order valence-electron chi connectivity index (χ1n) is 6.57. The molecule has 108 valence electrons. The molecule has 1 N–H and O–H groups in total. The van der Waals surface area contributed by atoms with Crippen LogP contribution in [-0.4, -0.2) is 22.0 Å². The second kappa shape index (κ2) is 6.05. The van der Waals surface area contributed by atoms with Crippen molar-refractivity contribution in [3.8, 4) is 5.75 Å². The Balaban J connectivity index is 2.31. The van der Waals surface area contributed by atoms with Crippen molar-refractivity contribution in [2.75, 3.05) is 7.11 Å². The van der Waals surface area contributed by atoms with Gasteiger partial charge in [-0.15, -0.1) is 0 Å². The zero-order chi connectivity index (χ0) is 14.7. The summed E-state index contributed by atoms with van der Waals surface area (Å²) >= 11 is 0. The number of aliphatic hydroxyl groups excluding tert-OH is 1. The van der Waals surface area contributed by atoms with Gasteiger partial charge in [-0.25, -0.2) is 4.39 Å². The maximum absolute atomic E-state index is 13.7. The summed E-state index contributed by atoms with van der Waals surface area (Å²) in [6.45, 7) is 3.93. The molecular weight excluding hydrogens is 259 g/mol. The first-order chi connectivity index (χ1) is 9.54. The minimum Gasteiger partial charge on any atom is -0.493 e. The maximum Gasteiger partial charge on any atom is 0.162 e. The summed E-state index contributed by atoms with van der Waals surface area (Å²) in [4.78, 5) is 0. The highest BCUT2D eigenvalue weighted by Crippen LogP contribution is 2.30. The van der Waals surface area contributed by atoms with Crippen molar-refractivity contribution in [1.29, 1.82) is 0 Å². The van der Waals surface area contributed by atoms with Gasteiger partial charge in [0.05, 0.1) is 13.3 Å². The number of aromatic nitrogens is 2. The minimum atomic E-state index is -0.869. The van der Waals surface area contributed by atoms with Gasteiger partial charge in [-0.2, -0.15) is 5.10 Å². The molecule has 0 saturated heterocycles. The van der Waals surface area contributed by atoms with Crippen LogP contribution in [-0.2, 0) is 6.42 Å². The summed E-state index contributed by atoms with van der Waals surface area (Å²) in [5.41, 5.74) is 1.05. The summed E-state index contributed by atoms with van der Waals surface area (Å²) in [6.07, 6.45) is 0.883. The lowest BCUT2D eigenvalue weighted by Crippen LogP contribution is -2.14. The first kappa shape index (κ1) is 14.5. The molecule has 0 bridgehead atoms. The Kier molecular flexibility index (Phi) is 4.39. The number of halogens is 1. The first-order valence-corrected chi connectivity index (χ1v) is 6.57. The predicted octanol–water partition coefficient (Wildman–Crippen LogP) is 2.89. The summed E-state index contributed by atoms with van der Waals surface area (Å²) < 4.78 is 20.6. The maximum atomic E-state index is 13.7. The molecule has 1 atom stereocenters. The summed E-state index contributed by atoms with van der Waals surface area (Å²) in [5.74, 6) is 0.198. The number of hydrogen-bond donors (Lipinski definition) is 1. The number of nitrogens with zero attached hydrogens (tertiary/aromatic N) is 2. The lowest BCUT2D eigenvalue weighted by Gasteiger charge is -2.17. The Hall–Kier alpha value is -1.88. The molecule has 0 aliphatic carbocycles. The van der Waals surface area contributed by atoms with E-state index in [1.54, 1.807) is 29.1 Å². The molecule has 5 heteroatoms. The fourth-order valence-corrected chi connectivity index (χ4v) is 2.21. The summed E-state index contributed by atoms with van der Waals surface area (Å²) in [7, 11) is 1.53. The number of aliphatic hydroxyl groups is 1. The number of methoxy groups -OCH3 is 1. The van der Waals surface area contributed by atoms with E-state index in [0.717, 1.165) is 0 Å². The Bertz CT molecular complexity index is 581. The van der Waals surface area contributed by atoms with Crippen molar-refractivity contribution in [2.24, 2.45) is 0 Å². The molecule has 0 fully saturated rings. The van der Waals surface area contributed by atoms with E-state index in [9.17, 15) is 9.50 Å². The molecule has 0 aliphatic rings. The molecule has 0 amide bonds. The second-order valence-electron chi connectivity index (χ2n) is 4.95. The van der Waals surface area contributed by atoms with Crippen LogP contribution in [0.25, 0.3) is 0 Å². The Morgan fingerprint density at radius 1 is 1.35 bits per heavy atom. The van der Waals surface area contributed by atoms with Crippen LogP contribution >= 0.6 is 0 Å². The van der Waals surface area contributed by atoms with Crippen LogP contribution in [0.3, 0.4) is 0 Å². The van der Waals surface area contributed by atoms with E-state index in [0.29, 0.717) is 17.0 Å². The fourth-order valence-electron chi connectivity index (χ4n) is 2.21. The SMILES string of the molecule is COc1cnn(C(C)C)c1C(O)Cc1ccccc1F. The average Bonchev–Trinajstić information content (AvgIpc) is 2.85. The van der Waals surface area contributed by atoms with Gasteiger partial charge in [0.25, 0.3) is 0 Å². The average molecular weight is 278 g/mol. The molecule has 0 saturated carbocycles. The highest BCUT2D eigenvalue weighted by atomic mass is 19.1. The third kappa shape index (κ3) is 2.82. The second-order valence-corrected chi connectivity index (χ2v) is 4.95. The highest BCUT2D eigenvalue weighted by molar-refractivity contribution is 5.30. The van der Waals surface area contributed by atoms with E-state index in [2.05, 4.69) is 5.10 Å². The van der Waals surface area contributed by atoms with Crippen LogP contribution in [0.2, 0.25) is 0 Å². The minimum absolute atomic E-state index is 0.0872. The molecule has 2 aromatic rings. The van der Waals surface area contributed by atoms with Crippen molar-refractivity contribution in [2.45, 2.75) is 32.4 Å². The van der Waals surface area contributed by atoms with E-state index < -0.39 is 6.10 Å². The highest BCUT2D eigenvalue weighted by Gasteiger charge is 2.22. The number of rotatable bonds is 5. The molecule has 2 rings (SSSR count). The van der Waals surface area contributed by atoms with Gasteiger partial charge in [0.15, 0.2) is 5.75 Å². The van der Waals surface area contributed by atoms with Crippen molar-refractivity contribution in [1.82, 2.24) is 9.78 Å². The van der Waals surface area contributed by atoms with Crippen molar-refractivity contribution in [3.63, 3.8) is 0 Å². The Morgan fingerprint density at radius 2 is 2.05 bits per heavy atom. The lowest BCUT2D eigenvalue weighted by molar-refractivity contribution is 0.159. The normalized spacial score (nSPS) is 12.7. The molecule has 0 aliphatic heterocycles. The summed E-state index contributed by atoms with van der Waals surface area (Å²) in [6, 6.07) is 6.52. The van der Waals surface area contributed by atoms with Gasteiger partial charge in [-0.1, -0.05) is 18.2 Å². The number of ether oxygens (including phenoxy) is 1. The number of benzene rings is 1. The van der Waals surface area contributed by atoms with Crippen molar-refractivity contribution in [3.05, 3.63) is 47.5 Å². The third-order valence-electron chi connectivity index (χ3n) is 3.19. The quantitative estimate of drug-likeness (QED) is 0.914. The van der Waals surface area contributed by atoms with Gasteiger partial charge in [0.2, 0.25) is 0 Å². The lowest BCUT2D eigenvalue weighted by atomic mass is 10.0. The largest absolute Gasteiger partial charge is 0.493 e.